The fraction of sp³-hybridized carbons (Fsp3) is 0.143. The van der Waals surface area contributed by atoms with Gasteiger partial charge in [-0.05, 0) is 29.3 Å². The first-order valence-corrected chi connectivity index (χ1v) is 5.59. The van der Waals surface area contributed by atoms with Crippen LogP contribution in [0.1, 0.15) is 22.7 Å². The van der Waals surface area contributed by atoms with E-state index >= 15 is 0 Å². The molecule has 86 valence electrons. The summed E-state index contributed by atoms with van der Waals surface area (Å²) < 4.78 is 0. The first-order chi connectivity index (χ1) is 8.25. The maximum absolute atomic E-state index is 9.76. The second kappa shape index (κ2) is 3.79. The Hall–Kier alpha value is -2.00. The molecule has 2 aromatic rings. The fourth-order valence-corrected chi connectivity index (χ4v) is 2.37. The summed E-state index contributed by atoms with van der Waals surface area (Å²) in [6, 6.07) is 12.8. The van der Waals surface area contributed by atoms with Gasteiger partial charge in [0.2, 0.25) is 0 Å². The molecule has 0 saturated carbocycles. The van der Waals surface area contributed by atoms with Crippen LogP contribution in [0.2, 0.25) is 0 Å². The maximum atomic E-state index is 9.76. The average Bonchev–Trinajstić information content (AvgIpc) is 2.74. The summed E-state index contributed by atoms with van der Waals surface area (Å²) in [5, 5.41) is 22.6. The number of benzene rings is 2. The van der Waals surface area contributed by atoms with Crippen molar-refractivity contribution in [1.29, 1.82) is 0 Å². The van der Waals surface area contributed by atoms with Crippen LogP contribution < -0.4 is 5.32 Å². The Kier molecular flexibility index (Phi) is 2.27. The minimum Gasteiger partial charge on any atom is -0.508 e. The normalized spacial score (nSPS) is 18.0. The van der Waals surface area contributed by atoms with Crippen molar-refractivity contribution in [2.75, 3.05) is 0 Å². The average molecular weight is 227 g/mol. The van der Waals surface area contributed by atoms with E-state index < -0.39 is 0 Å². The van der Waals surface area contributed by atoms with Crippen LogP contribution in [-0.4, -0.2) is 10.2 Å². The number of nitrogens with one attached hydrogen (secondary N) is 1. The van der Waals surface area contributed by atoms with Gasteiger partial charge >= 0.3 is 0 Å². The van der Waals surface area contributed by atoms with E-state index in [-0.39, 0.29) is 11.8 Å². The molecule has 1 unspecified atom stereocenters. The second-order valence-corrected chi connectivity index (χ2v) is 4.25. The lowest BCUT2D eigenvalue weighted by Crippen LogP contribution is -2.12. The molecule has 1 heterocycles. The van der Waals surface area contributed by atoms with E-state index in [2.05, 4.69) is 5.32 Å². The van der Waals surface area contributed by atoms with Crippen molar-refractivity contribution in [3.8, 4) is 11.5 Å². The molecule has 0 fully saturated rings. The van der Waals surface area contributed by atoms with E-state index in [0.717, 1.165) is 16.7 Å². The summed E-state index contributed by atoms with van der Waals surface area (Å²) >= 11 is 0. The van der Waals surface area contributed by atoms with Gasteiger partial charge in [0.05, 0.1) is 6.04 Å². The van der Waals surface area contributed by atoms with Crippen molar-refractivity contribution in [1.82, 2.24) is 5.32 Å². The van der Waals surface area contributed by atoms with Gasteiger partial charge in [-0.2, -0.15) is 0 Å². The lowest BCUT2D eigenvalue weighted by molar-refractivity contribution is 0.468. The second-order valence-electron chi connectivity index (χ2n) is 4.25. The molecule has 1 atom stereocenters. The zero-order chi connectivity index (χ0) is 11.8. The molecule has 17 heavy (non-hydrogen) atoms. The van der Waals surface area contributed by atoms with Crippen molar-refractivity contribution in [3.63, 3.8) is 0 Å². The van der Waals surface area contributed by atoms with E-state index in [0.29, 0.717) is 12.3 Å². The molecule has 2 aromatic carbocycles. The molecule has 3 nitrogen and oxygen atoms in total. The Morgan fingerprint density at radius 2 is 1.88 bits per heavy atom. The smallest absolute Gasteiger partial charge is 0.120 e. The summed E-state index contributed by atoms with van der Waals surface area (Å²) in [5.41, 5.74) is 3.03. The minimum absolute atomic E-state index is 0.0456. The van der Waals surface area contributed by atoms with Gasteiger partial charge in [-0.15, -0.1) is 0 Å². The molecule has 3 heteroatoms. The first-order valence-electron chi connectivity index (χ1n) is 5.59. The van der Waals surface area contributed by atoms with Crippen molar-refractivity contribution in [2.45, 2.75) is 12.6 Å². The number of phenolic OH excluding ortho intramolecular Hbond substituents is 2. The zero-order valence-electron chi connectivity index (χ0n) is 9.22. The molecule has 1 aliphatic heterocycles. The highest BCUT2D eigenvalue weighted by Gasteiger charge is 2.25. The largest absolute Gasteiger partial charge is 0.508 e. The first kappa shape index (κ1) is 10.2. The van der Waals surface area contributed by atoms with Crippen LogP contribution in [0, 0.1) is 0 Å². The van der Waals surface area contributed by atoms with Crippen molar-refractivity contribution < 1.29 is 10.2 Å². The Bertz CT molecular complexity index is 566. The quantitative estimate of drug-likeness (QED) is 0.700. The fourth-order valence-electron chi connectivity index (χ4n) is 2.37. The van der Waals surface area contributed by atoms with Crippen molar-refractivity contribution >= 4 is 0 Å². The minimum atomic E-state index is 0.0456. The van der Waals surface area contributed by atoms with Gasteiger partial charge in [0.25, 0.3) is 0 Å². The summed E-state index contributed by atoms with van der Waals surface area (Å²) in [6.45, 7) is 0.655. The predicted molar refractivity (Wildman–Crippen MR) is 64.9 cm³/mol. The predicted octanol–water partition coefficient (Wildman–Crippen LogP) is 2.29. The van der Waals surface area contributed by atoms with Gasteiger partial charge < -0.3 is 15.5 Å². The van der Waals surface area contributed by atoms with Crippen molar-refractivity contribution in [3.05, 3.63) is 59.2 Å². The number of hydrogen-bond donors (Lipinski definition) is 3. The van der Waals surface area contributed by atoms with Gasteiger partial charge in [-0.1, -0.05) is 24.3 Å². The highest BCUT2D eigenvalue weighted by molar-refractivity contribution is 5.48. The van der Waals surface area contributed by atoms with E-state index in [1.165, 1.54) is 0 Å². The van der Waals surface area contributed by atoms with E-state index in [4.69, 9.17) is 0 Å². The summed E-state index contributed by atoms with van der Waals surface area (Å²) in [5.74, 6) is 0.593. The molecular formula is C14H13NO2. The summed E-state index contributed by atoms with van der Waals surface area (Å²) in [4.78, 5) is 0. The van der Waals surface area contributed by atoms with Crippen LogP contribution in [0.4, 0.5) is 0 Å². The summed E-state index contributed by atoms with van der Waals surface area (Å²) in [6.07, 6.45) is 0. The van der Waals surface area contributed by atoms with E-state index in [1.54, 1.807) is 18.2 Å². The highest BCUT2D eigenvalue weighted by Crippen LogP contribution is 2.35. The monoisotopic (exact) mass is 227 g/mol. The zero-order valence-corrected chi connectivity index (χ0v) is 9.22. The van der Waals surface area contributed by atoms with E-state index in [9.17, 15) is 10.2 Å². The SMILES string of the molecule is Oc1cccc(C2NCc3c(O)cccc32)c1. The van der Waals surface area contributed by atoms with Gasteiger partial charge in [0, 0.05) is 12.1 Å². The molecular weight excluding hydrogens is 214 g/mol. The molecule has 0 bridgehead atoms. The molecule has 0 amide bonds. The third kappa shape index (κ3) is 1.65. The van der Waals surface area contributed by atoms with Gasteiger partial charge in [-0.3, -0.25) is 0 Å². The van der Waals surface area contributed by atoms with Crippen LogP contribution in [-0.2, 0) is 6.54 Å². The number of fused-ring (bicyclic) bond motifs is 1. The number of hydrogen-bond acceptors (Lipinski definition) is 3. The van der Waals surface area contributed by atoms with Gasteiger partial charge in [0.1, 0.15) is 11.5 Å². The molecule has 0 radical (unpaired) electrons. The molecule has 1 aliphatic rings. The Morgan fingerprint density at radius 3 is 2.71 bits per heavy atom. The van der Waals surface area contributed by atoms with Crippen LogP contribution in [0.5, 0.6) is 11.5 Å². The van der Waals surface area contributed by atoms with Crippen LogP contribution in [0.3, 0.4) is 0 Å². The number of rotatable bonds is 1. The maximum Gasteiger partial charge on any atom is 0.120 e. The highest BCUT2D eigenvalue weighted by atomic mass is 16.3. The van der Waals surface area contributed by atoms with E-state index in [1.807, 2.05) is 24.3 Å². The lowest BCUT2D eigenvalue weighted by atomic mass is 9.98. The summed E-state index contributed by atoms with van der Waals surface area (Å²) in [7, 11) is 0. The van der Waals surface area contributed by atoms with Gasteiger partial charge in [-0.25, -0.2) is 0 Å². The lowest BCUT2D eigenvalue weighted by Gasteiger charge is -2.12. The third-order valence-electron chi connectivity index (χ3n) is 3.19. The Labute approximate surface area is 99.4 Å². The third-order valence-corrected chi connectivity index (χ3v) is 3.19. The Balaban J connectivity index is 2.07. The molecule has 0 saturated heterocycles. The van der Waals surface area contributed by atoms with Crippen molar-refractivity contribution in [2.24, 2.45) is 0 Å². The van der Waals surface area contributed by atoms with Crippen LogP contribution in [0.25, 0.3) is 0 Å². The van der Waals surface area contributed by atoms with Crippen LogP contribution in [0.15, 0.2) is 42.5 Å². The topological polar surface area (TPSA) is 52.5 Å². The molecule has 0 aromatic heterocycles. The number of aromatic hydroxyl groups is 2. The molecule has 3 rings (SSSR count). The van der Waals surface area contributed by atoms with Gasteiger partial charge in [0.15, 0.2) is 0 Å². The molecule has 0 spiro atoms. The molecule has 0 aliphatic carbocycles. The standard InChI is InChI=1S/C14H13NO2/c16-10-4-1-3-9(7-10)14-11-5-2-6-13(17)12(11)8-15-14/h1-7,14-17H,8H2. The van der Waals surface area contributed by atoms with Crippen LogP contribution >= 0.6 is 0 Å². The molecule has 3 N–H and O–H groups in total. The number of phenols is 2. The Morgan fingerprint density at radius 1 is 1.06 bits per heavy atom.